The Morgan fingerprint density at radius 1 is 1.09 bits per heavy atom. The first-order chi connectivity index (χ1) is 17.0. The van der Waals surface area contributed by atoms with Crippen molar-refractivity contribution >= 4 is 29.3 Å². The number of aliphatic carboxylic acids is 1. The number of aromatic nitrogens is 2. The predicted octanol–water partition coefficient (Wildman–Crippen LogP) is 6.68. The lowest BCUT2D eigenvalue weighted by Crippen LogP contribution is -2.24. The average Bonchev–Trinajstić information content (AvgIpc) is 3.22. The number of hydrogen-bond acceptors (Lipinski definition) is 4. The lowest BCUT2D eigenvalue weighted by atomic mass is 9.82. The number of carboxylic acid groups (broad SMARTS) is 1. The summed E-state index contributed by atoms with van der Waals surface area (Å²) in [5, 5.41) is 14.7. The first-order valence-corrected chi connectivity index (χ1v) is 14.0. The molecule has 2 aromatic carbocycles. The fourth-order valence-corrected chi connectivity index (χ4v) is 5.57. The molecule has 0 radical (unpaired) electrons. The van der Waals surface area contributed by atoms with Gasteiger partial charge in [0.2, 0.25) is 0 Å². The smallest absolute Gasteiger partial charge is 0.329 e. The van der Waals surface area contributed by atoms with Crippen molar-refractivity contribution in [3.05, 3.63) is 65.3 Å². The van der Waals surface area contributed by atoms with E-state index in [0.29, 0.717) is 18.4 Å². The molecule has 1 N–H and O–H groups in total. The summed E-state index contributed by atoms with van der Waals surface area (Å²) >= 11 is 8.26. The molecule has 0 bridgehead atoms. The fourth-order valence-electron chi connectivity index (χ4n) is 4.98. The number of hydrogen-bond donors (Lipinski definition) is 1. The second-order valence-corrected chi connectivity index (χ2v) is 10.7. The Bertz CT molecular complexity index is 1110. The minimum atomic E-state index is -0.903. The number of carbonyl (C=O) groups is 1. The Hall–Kier alpha value is -2.28. The van der Waals surface area contributed by atoms with Crippen LogP contribution < -0.4 is 0 Å². The molecule has 1 saturated carbocycles. The zero-order valence-corrected chi connectivity index (χ0v) is 21.7. The molecule has 35 heavy (non-hydrogen) atoms. The van der Waals surface area contributed by atoms with Crippen molar-refractivity contribution in [2.24, 2.45) is 11.8 Å². The van der Waals surface area contributed by atoms with Gasteiger partial charge in [0.15, 0.2) is 0 Å². The minimum Gasteiger partial charge on any atom is -0.480 e. The summed E-state index contributed by atoms with van der Waals surface area (Å²) < 4.78 is 7.60. The van der Waals surface area contributed by atoms with Crippen LogP contribution in [0.25, 0.3) is 22.4 Å². The molecule has 0 saturated heterocycles. The zero-order valence-electron chi connectivity index (χ0n) is 20.2. The van der Waals surface area contributed by atoms with Crippen LogP contribution in [-0.2, 0) is 22.5 Å². The summed E-state index contributed by atoms with van der Waals surface area (Å²) in [6.45, 7) is 1.23. The molecule has 1 heterocycles. The Labute approximate surface area is 216 Å². The Morgan fingerprint density at radius 3 is 2.49 bits per heavy atom. The van der Waals surface area contributed by atoms with Gasteiger partial charge in [-0.25, -0.2) is 4.79 Å². The molecule has 0 aliphatic heterocycles. The number of ether oxygens (including phenoxy) is 1. The van der Waals surface area contributed by atoms with Crippen molar-refractivity contribution in [2.75, 3.05) is 25.2 Å². The predicted molar refractivity (Wildman–Crippen MR) is 144 cm³/mol. The maximum atomic E-state index is 10.7. The van der Waals surface area contributed by atoms with E-state index in [1.54, 1.807) is 0 Å². The van der Waals surface area contributed by atoms with Gasteiger partial charge in [0.05, 0.1) is 6.61 Å². The number of nitrogens with zero attached hydrogens (tertiary/aromatic N) is 2. The lowest BCUT2D eigenvalue weighted by Gasteiger charge is -2.28. The molecule has 0 unspecified atom stereocenters. The quantitative estimate of drug-likeness (QED) is 0.310. The number of rotatable bonds is 11. The van der Waals surface area contributed by atoms with E-state index in [4.69, 9.17) is 26.5 Å². The second kappa shape index (κ2) is 12.6. The summed E-state index contributed by atoms with van der Waals surface area (Å²) in [6, 6.07) is 18.5. The fraction of sp³-hybridized carbons (Fsp3) is 0.429. The SMILES string of the molecule is CSCCc1c(-c2cccc(Cl)c2)c(-c2ccccc2)nn1C[C@H]1CC[C@@H](COCC(=O)O)CC1. The molecule has 4 rings (SSSR count). The topological polar surface area (TPSA) is 64.4 Å². The van der Waals surface area contributed by atoms with Crippen molar-refractivity contribution in [1.29, 1.82) is 0 Å². The largest absolute Gasteiger partial charge is 0.480 e. The Morgan fingerprint density at radius 2 is 1.80 bits per heavy atom. The average molecular weight is 513 g/mol. The van der Waals surface area contributed by atoms with Crippen molar-refractivity contribution in [3.63, 3.8) is 0 Å². The van der Waals surface area contributed by atoms with Gasteiger partial charge in [-0.3, -0.25) is 4.68 Å². The van der Waals surface area contributed by atoms with Crippen molar-refractivity contribution in [1.82, 2.24) is 9.78 Å². The number of thioether (sulfide) groups is 1. The van der Waals surface area contributed by atoms with Gasteiger partial charge in [0, 0.05) is 28.4 Å². The van der Waals surface area contributed by atoms with E-state index in [9.17, 15) is 4.79 Å². The van der Waals surface area contributed by atoms with E-state index in [0.717, 1.165) is 66.2 Å². The molecule has 1 fully saturated rings. The van der Waals surface area contributed by atoms with Crippen molar-refractivity contribution in [3.8, 4) is 22.4 Å². The van der Waals surface area contributed by atoms with E-state index in [2.05, 4.69) is 41.3 Å². The van der Waals surface area contributed by atoms with Gasteiger partial charge in [0.25, 0.3) is 0 Å². The second-order valence-electron chi connectivity index (χ2n) is 9.27. The maximum absolute atomic E-state index is 10.7. The summed E-state index contributed by atoms with van der Waals surface area (Å²) in [4.78, 5) is 10.7. The van der Waals surface area contributed by atoms with Gasteiger partial charge in [0.1, 0.15) is 12.3 Å². The van der Waals surface area contributed by atoms with E-state index >= 15 is 0 Å². The monoisotopic (exact) mass is 512 g/mol. The van der Waals surface area contributed by atoms with Crippen molar-refractivity contribution < 1.29 is 14.6 Å². The first-order valence-electron chi connectivity index (χ1n) is 12.2. The van der Waals surface area contributed by atoms with E-state index in [1.165, 1.54) is 11.3 Å². The standard InChI is InChI=1S/C28H33ClN2O3S/c1-35-15-14-25-27(23-8-5-9-24(29)16-23)28(22-6-3-2-4-7-22)30-31(25)17-20-10-12-21(13-11-20)18-34-19-26(32)33/h2-9,16,20-21H,10-15,17-19H2,1H3,(H,32,33)/t20-,21+. The highest BCUT2D eigenvalue weighted by atomic mass is 35.5. The van der Waals surface area contributed by atoms with Crippen LogP contribution in [-0.4, -0.2) is 46.1 Å². The third-order valence-corrected chi connectivity index (χ3v) is 7.59. The molecule has 186 valence electrons. The van der Waals surface area contributed by atoms with Crippen LogP contribution >= 0.6 is 23.4 Å². The number of benzene rings is 2. The van der Waals surface area contributed by atoms with E-state index < -0.39 is 5.97 Å². The molecule has 3 aromatic rings. The zero-order chi connectivity index (χ0) is 24.6. The highest BCUT2D eigenvalue weighted by Crippen LogP contribution is 2.38. The highest BCUT2D eigenvalue weighted by molar-refractivity contribution is 7.98. The molecule has 1 aliphatic rings. The highest BCUT2D eigenvalue weighted by Gasteiger charge is 2.26. The molecule has 1 aliphatic carbocycles. The maximum Gasteiger partial charge on any atom is 0.329 e. The van der Waals surface area contributed by atoms with Crippen LogP contribution in [0.15, 0.2) is 54.6 Å². The van der Waals surface area contributed by atoms with Crippen LogP contribution in [0.2, 0.25) is 5.02 Å². The third-order valence-electron chi connectivity index (χ3n) is 6.74. The minimum absolute atomic E-state index is 0.208. The van der Waals surface area contributed by atoms with Crippen LogP contribution in [0, 0.1) is 11.8 Å². The molecule has 5 nitrogen and oxygen atoms in total. The molecular formula is C28H33ClN2O3S. The Balaban J connectivity index is 1.60. The Kier molecular flexibility index (Phi) is 9.30. The van der Waals surface area contributed by atoms with Gasteiger partial charge < -0.3 is 9.84 Å². The number of halogens is 1. The van der Waals surface area contributed by atoms with Crippen LogP contribution in [0.3, 0.4) is 0 Å². The molecule has 0 spiro atoms. The van der Waals surface area contributed by atoms with Gasteiger partial charge in [-0.1, -0.05) is 54.1 Å². The summed E-state index contributed by atoms with van der Waals surface area (Å²) in [7, 11) is 0. The molecule has 0 amide bonds. The van der Waals surface area contributed by atoms with Gasteiger partial charge >= 0.3 is 5.97 Å². The van der Waals surface area contributed by atoms with E-state index in [1.807, 2.05) is 36.0 Å². The van der Waals surface area contributed by atoms with Gasteiger partial charge in [-0.2, -0.15) is 16.9 Å². The van der Waals surface area contributed by atoms with Gasteiger partial charge in [-0.15, -0.1) is 0 Å². The third kappa shape index (κ3) is 6.90. The summed E-state index contributed by atoms with van der Waals surface area (Å²) in [6.07, 6.45) is 7.44. The lowest BCUT2D eigenvalue weighted by molar-refractivity contribution is -0.142. The van der Waals surface area contributed by atoms with Crippen LogP contribution in [0.5, 0.6) is 0 Å². The molecular weight excluding hydrogens is 480 g/mol. The molecule has 1 aromatic heterocycles. The summed E-state index contributed by atoms with van der Waals surface area (Å²) in [5.74, 6) is 1.12. The first kappa shape index (κ1) is 25.8. The van der Waals surface area contributed by atoms with Crippen molar-refractivity contribution in [2.45, 2.75) is 38.6 Å². The normalized spacial score (nSPS) is 18.0. The number of carboxylic acids is 1. The van der Waals surface area contributed by atoms with Gasteiger partial charge in [-0.05, 0) is 73.6 Å². The molecule has 0 atom stereocenters. The summed E-state index contributed by atoms with van der Waals surface area (Å²) in [5.41, 5.74) is 5.69. The van der Waals surface area contributed by atoms with Crippen LogP contribution in [0.1, 0.15) is 31.4 Å². The molecule has 7 heteroatoms. The van der Waals surface area contributed by atoms with E-state index in [-0.39, 0.29) is 6.61 Å². The van der Waals surface area contributed by atoms with Crippen LogP contribution in [0.4, 0.5) is 0 Å².